The maximum atomic E-state index is 13.8. The number of hydrogen-bond donors (Lipinski definition) is 1. The predicted octanol–water partition coefficient (Wildman–Crippen LogP) is -0.313. The molecule has 22 heavy (non-hydrogen) atoms. The number of nitrogens with zero attached hydrogens (tertiary/aromatic N) is 1. The number of aromatic carboxylic acids is 1. The van der Waals surface area contributed by atoms with E-state index in [0.29, 0.717) is 18.0 Å². The van der Waals surface area contributed by atoms with Crippen LogP contribution in [0.25, 0.3) is 0 Å². The van der Waals surface area contributed by atoms with Gasteiger partial charge in [0.15, 0.2) is 5.76 Å². The molecule has 1 aliphatic heterocycles. The number of rotatable bonds is 4. The predicted molar refractivity (Wildman–Crippen MR) is 76.1 cm³/mol. The van der Waals surface area contributed by atoms with Gasteiger partial charge in [0.25, 0.3) is 0 Å². The standard InChI is InChI=1S/C16H17FN2O3/c17-13-3-1-2-4-14(13)19-9-7-18(8-10-19)11-12-5-6-15(22-12)16(20)21/h1-6H,7-11H2,(H,20,21). The highest BCUT2D eigenvalue weighted by Gasteiger charge is 2.22. The largest absolute Gasteiger partial charge is 0.542 e. The van der Waals surface area contributed by atoms with Crippen molar-refractivity contribution in [3.63, 3.8) is 0 Å². The molecule has 116 valence electrons. The molecule has 3 rings (SSSR count). The van der Waals surface area contributed by atoms with E-state index in [1.54, 1.807) is 18.2 Å². The van der Waals surface area contributed by atoms with Gasteiger partial charge in [0.05, 0.1) is 31.9 Å². The van der Waals surface area contributed by atoms with Crippen molar-refractivity contribution in [2.75, 3.05) is 31.1 Å². The summed E-state index contributed by atoms with van der Waals surface area (Å²) in [7, 11) is 0. The first-order chi connectivity index (χ1) is 10.6. The van der Waals surface area contributed by atoms with Gasteiger partial charge in [-0.25, -0.2) is 4.39 Å². The van der Waals surface area contributed by atoms with Gasteiger partial charge in [0.2, 0.25) is 0 Å². The summed E-state index contributed by atoms with van der Waals surface area (Å²) in [5, 5.41) is 10.7. The van der Waals surface area contributed by atoms with Crippen LogP contribution in [0.1, 0.15) is 16.3 Å². The number of halogens is 1. The Hall–Kier alpha value is -2.34. The van der Waals surface area contributed by atoms with Crippen LogP contribution in [0, 0.1) is 5.82 Å². The molecule has 0 saturated carbocycles. The lowest BCUT2D eigenvalue weighted by atomic mass is 10.2. The zero-order chi connectivity index (χ0) is 15.5. The van der Waals surface area contributed by atoms with Crippen LogP contribution in [0.5, 0.6) is 0 Å². The van der Waals surface area contributed by atoms with E-state index in [9.17, 15) is 14.3 Å². The number of carbonyl (C=O) groups excluding carboxylic acids is 1. The van der Waals surface area contributed by atoms with Crippen molar-refractivity contribution in [1.29, 1.82) is 0 Å². The van der Waals surface area contributed by atoms with Gasteiger partial charge in [-0.2, -0.15) is 0 Å². The van der Waals surface area contributed by atoms with Crippen LogP contribution in [0.2, 0.25) is 0 Å². The Bertz CT molecular complexity index is 663. The lowest BCUT2D eigenvalue weighted by Crippen LogP contribution is -3.13. The van der Waals surface area contributed by atoms with E-state index in [-0.39, 0.29) is 11.6 Å². The highest BCUT2D eigenvalue weighted by Crippen LogP contribution is 2.18. The van der Waals surface area contributed by atoms with Crippen molar-refractivity contribution >= 4 is 11.7 Å². The number of carboxylic acids is 1. The molecule has 0 atom stereocenters. The van der Waals surface area contributed by atoms with Crippen LogP contribution in [-0.4, -0.2) is 32.1 Å². The third-order valence-electron chi connectivity index (χ3n) is 3.95. The molecule has 0 unspecified atom stereocenters. The summed E-state index contributed by atoms with van der Waals surface area (Å²) in [5.41, 5.74) is 0.638. The maximum Gasteiger partial charge on any atom is 0.159 e. The first-order valence-corrected chi connectivity index (χ1v) is 7.26. The van der Waals surface area contributed by atoms with Gasteiger partial charge < -0.3 is 24.1 Å². The van der Waals surface area contributed by atoms with Crippen molar-refractivity contribution in [2.24, 2.45) is 0 Å². The minimum atomic E-state index is -1.30. The van der Waals surface area contributed by atoms with Gasteiger partial charge in [-0.15, -0.1) is 0 Å². The van der Waals surface area contributed by atoms with Crippen LogP contribution in [-0.2, 0) is 6.54 Å². The molecule has 6 heteroatoms. The zero-order valence-electron chi connectivity index (χ0n) is 12.0. The van der Waals surface area contributed by atoms with Crippen LogP contribution in [0.3, 0.4) is 0 Å². The average molecular weight is 304 g/mol. The normalized spacial score (nSPS) is 16.0. The third-order valence-corrected chi connectivity index (χ3v) is 3.95. The number of benzene rings is 1. The van der Waals surface area contributed by atoms with E-state index in [1.807, 2.05) is 11.0 Å². The van der Waals surface area contributed by atoms with E-state index in [0.717, 1.165) is 26.2 Å². The molecule has 1 fully saturated rings. The Morgan fingerprint density at radius 3 is 2.59 bits per heavy atom. The Kier molecular flexibility index (Phi) is 4.11. The number of anilines is 1. The SMILES string of the molecule is O=C([O-])c1ccc(C[NH+]2CCN(c3ccccc3F)CC2)o1. The zero-order valence-corrected chi connectivity index (χ0v) is 12.0. The van der Waals surface area contributed by atoms with Crippen LogP contribution < -0.4 is 14.9 Å². The van der Waals surface area contributed by atoms with Gasteiger partial charge in [0.1, 0.15) is 24.1 Å². The van der Waals surface area contributed by atoms with E-state index >= 15 is 0 Å². The maximum absolute atomic E-state index is 13.8. The Morgan fingerprint density at radius 1 is 1.23 bits per heavy atom. The molecule has 1 aliphatic rings. The van der Waals surface area contributed by atoms with Gasteiger partial charge in [-0.05, 0) is 24.3 Å². The molecular formula is C16H17FN2O3. The minimum Gasteiger partial charge on any atom is -0.542 e. The van der Waals surface area contributed by atoms with Crippen molar-refractivity contribution in [3.05, 3.63) is 53.7 Å². The summed E-state index contributed by atoms with van der Waals surface area (Å²) >= 11 is 0. The number of carboxylic acid groups (broad SMARTS) is 1. The van der Waals surface area contributed by atoms with E-state index in [1.165, 1.54) is 17.0 Å². The van der Waals surface area contributed by atoms with E-state index in [2.05, 4.69) is 0 Å². The van der Waals surface area contributed by atoms with E-state index in [4.69, 9.17) is 4.42 Å². The quantitative estimate of drug-likeness (QED) is 0.841. The molecule has 0 amide bonds. The number of quaternary nitrogens is 1. The fraction of sp³-hybridized carbons (Fsp3) is 0.312. The number of hydrogen-bond acceptors (Lipinski definition) is 4. The molecule has 2 aromatic rings. The van der Waals surface area contributed by atoms with Crippen molar-refractivity contribution in [1.82, 2.24) is 0 Å². The molecular weight excluding hydrogens is 287 g/mol. The Labute approximate surface area is 127 Å². The van der Waals surface area contributed by atoms with Gasteiger partial charge >= 0.3 is 0 Å². The molecule has 0 spiro atoms. The second-order valence-corrected chi connectivity index (χ2v) is 5.42. The number of para-hydroxylation sites is 1. The van der Waals surface area contributed by atoms with Crippen molar-refractivity contribution in [3.8, 4) is 0 Å². The summed E-state index contributed by atoms with van der Waals surface area (Å²) in [6.45, 7) is 3.82. The highest BCUT2D eigenvalue weighted by molar-refractivity contribution is 5.82. The van der Waals surface area contributed by atoms with Crippen molar-refractivity contribution < 1.29 is 23.6 Å². The topological polar surface area (TPSA) is 60.9 Å². The molecule has 5 nitrogen and oxygen atoms in total. The van der Waals surface area contributed by atoms with E-state index < -0.39 is 5.97 Å². The third kappa shape index (κ3) is 3.12. The Balaban J connectivity index is 1.57. The molecule has 0 radical (unpaired) electrons. The molecule has 0 bridgehead atoms. The van der Waals surface area contributed by atoms with Crippen molar-refractivity contribution in [2.45, 2.75) is 6.54 Å². The second kappa shape index (κ2) is 6.19. The number of furan rings is 1. The molecule has 1 saturated heterocycles. The van der Waals surface area contributed by atoms with Crippen LogP contribution in [0.15, 0.2) is 40.8 Å². The summed E-state index contributed by atoms with van der Waals surface area (Å²) in [5.74, 6) is -1.01. The summed E-state index contributed by atoms with van der Waals surface area (Å²) < 4.78 is 19.0. The number of nitrogens with one attached hydrogen (secondary N) is 1. The summed E-state index contributed by atoms with van der Waals surface area (Å²) in [4.78, 5) is 14.0. The smallest absolute Gasteiger partial charge is 0.159 e. The fourth-order valence-electron chi connectivity index (χ4n) is 2.78. The summed E-state index contributed by atoms with van der Waals surface area (Å²) in [6, 6.07) is 9.87. The molecule has 0 aliphatic carbocycles. The minimum absolute atomic E-state index is 0.139. The number of piperazine rings is 1. The van der Waals surface area contributed by atoms with Gasteiger partial charge in [0, 0.05) is 0 Å². The lowest BCUT2D eigenvalue weighted by molar-refractivity contribution is -0.915. The fourth-order valence-corrected chi connectivity index (χ4v) is 2.78. The first-order valence-electron chi connectivity index (χ1n) is 7.26. The number of carbonyl (C=O) groups is 1. The Morgan fingerprint density at radius 2 is 1.95 bits per heavy atom. The average Bonchev–Trinajstić information content (AvgIpc) is 2.98. The van der Waals surface area contributed by atoms with Gasteiger partial charge in [-0.1, -0.05) is 12.1 Å². The van der Waals surface area contributed by atoms with Gasteiger partial charge in [-0.3, -0.25) is 0 Å². The van der Waals surface area contributed by atoms with Crippen LogP contribution in [0.4, 0.5) is 10.1 Å². The first kappa shape index (κ1) is 14.6. The summed E-state index contributed by atoms with van der Waals surface area (Å²) in [6.07, 6.45) is 0. The van der Waals surface area contributed by atoms with Crippen LogP contribution >= 0.6 is 0 Å². The molecule has 2 heterocycles. The molecule has 1 N–H and O–H groups in total. The molecule has 1 aromatic carbocycles. The monoisotopic (exact) mass is 304 g/mol. The highest BCUT2D eigenvalue weighted by atomic mass is 19.1. The lowest BCUT2D eigenvalue weighted by Gasteiger charge is -2.33. The molecule has 1 aromatic heterocycles. The second-order valence-electron chi connectivity index (χ2n) is 5.42.